The van der Waals surface area contributed by atoms with Crippen LogP contribution in [0.5, 0.6) is 0 Å². The lowest BCUT2D eigenvalue weighted by Crippen LogP contribution is -2.54. The maximum absolute atomic E-state index is 11.4. The second kappa shape index (κ2) is 5.92. The van der Waals surface area contributed by atoms with Gasteiger partial charge in [0.1, 0.15) is 0 Å². The van der Waals surface area contributed by atoms with E-state index in [-0.39, 0.29) is 5.54 Å². The Hall–Kier alpha value is -0.210. The van der Waals surface area contributed by atoms with Gasteiger partial charge >= 0.3 is 0 Å². The van der Waals surface area contributed by atoms with Crippen molar-refractivity contribution in [1.29, 1.82) is 0 Å². The minimum atomic E-state index is -3.37. The first-order valence-electron chi connectivity index (χ1n) is 5.52. The highest BCUT2D eigenvalue weighted by molar-refractivity contribution is 7.87. The van der Waals surface area contributed by atoms with Crippen LogP contribution in [0.2, 0.25) is 0 Å². The van der Waals surface area contributed by atoms with E-state index in [0.29, 0.717) is 19.7 Å². The van der Waals surface area contributed by atoms with Gasteiger partial charge in [-0.25, -0.2) is 9.44 Å². The minimum Gasteiger partial charge on any atom is -0.383 e. The van der Waals surface area contributed by atoms with Gasteiger partial charge in [-0.2, -0.15) is 8.42 Å². The van der Waals surface area contributed by atoms with E-state index < -0.39 is 10.2 Å². The molecule has 1 unspecified atom stereocenters. The minimum absolute atomic E-state index is 0.253. The van der Waals surface area contributed by atoms with E-state index in [0.717, 1.165) is 19.4 Å². The monoisotopic (exact) mass is 251 g/mol. The van der Waals surface area contributed by atoms with Crippen LogP contribution in [-0.2, 0) is 14.9 Å². The Morgan fingerprint density at radius 1 is 1.44 bits per heavy atom. The normalized spacial score (nSPS) is 26.1. The quantitative estimate of drug-likeness (QED) is 0.553. The molecule has 7 heteroatoms. The molecule has 1 rings (SSSR count). The summed E-state index contributed by atoms with van der Waals surface area (Å²) in [5.41, 5.74) is -0.253. The van der Waals surface area contributed by atoms with Crippen molar-refractivity contribution >= 4 is 10.2 Å². The van der Waals surface area contributed by atoms with Crippen LogP contribution < -0.4 is 14.8 Å². The highest BCUT2D eigenvalue weighted by Crippen LogP contribution is 2.18. The van der Waals surface area contributed by atoms with E-state index in [9.17, 15) is 8.42 Å². The van der Waals surface area contributed by atoms with Gasteiger partial charge in [0.2, 0.25) is 0 Å². The van der Waals surface area contributed by atoms with Crippen LogP contribution in [0, 0.1) is 0 Å². The highest BCUT2D eigenvalue weighted by atomic mass is 32.2. The van der Waals surface area contributed by atoms with Gasteiger partial charge in [0.15, 0.2) is 0 Å². The van der Waals surface area contributed by atoms with Crippen molar-refractivity contribution in [2.75, 3.05) is 33.4 Å². The Bertz CT molecular complexity index is 299. The first-order chi connectivity index (χ1) is 7.54. The smallest absolute Gasteiger partial charge is 0.276 e. The van der Waals surface area contributed by atoms with Gasteiger partial charge in [0.25, 0.3) is 10.2 Å². The molecule has 16 heavy (non-hydrogen) atoms. The molecule has 3 N–H and O–H groups in total. The summed E-state index contributed by atoms with van der Waals surface area (Å²) in [6, 6.07) is 0. The number of methoxy groups -OCH3 is 1. The SMILES string of the molecule is CCNS(=O)(=O)NCC1(COC)CCCN1. The average Bonchev–Trinajstić information content (AvgIpc) is 2.65. The number of ether oxygens (including phenoxy) is 1. The van der Waals surface area contributed by atoms with Crippen LogP contribution in [0.15, 0.2) is 0 Å². The van der Waals surface area contributed by atoms with Crippen molar-refractivity contribution in [1.82, 2.24) is 14.8 Å². The first kappa shape index (κ1) is 13.9. The summed E-state index contributed by atoms with van der Waals surface area (Å²) in [5, 5.41) is 3.31. The predicted molar refractivity (Wildman–Crippen MR) is 62.4 cm³/mol. The van der Waals surface area contributed by atoms with E-state index in [1.807, 2.05) is 0 Å². The molecule has 6 nitrogen and oxygen atoms in total. The standard InChI is InChI=1S/C9H21N3O3S/c1-3-11-16(13,14)12-7-9(8-15-2)5-4-6-10-9/h10-12H,3-8H2,1-2H3. The van der Waals surface area contributed by atoms with Crippen LogP contribution in [0.4, 0.5) is 0 Å². The Labute approximate surface area is 97.3 Å². The molecule has 96 valence electrons. The number of hydrogen-bond acceptors (Lipinski definition) is 4. The summed E-state index contributed by atoms with van der Waals surface area (Å²) >= 11 is 0. The fraction of sp³-hybridized carbons (Fsp3) is 1.00. The number of rotatable bonds is 7. The number of nitrogens with one attached hydrogen (secondary N) is 3. The van der Waals surface area contributed by atoms with E-state index in [1.54, 1.807) is 14.0 Å². The van der Waals surface area contributed by atoms with Gasteiger partial charge < -0.3 is 10.1 Å². The van der Waals surface area contributed by atoms with Crippen LogP contribution in [0.25, 0.3) is 0 Å². The molecule has 0 bridgehead atoms. The average molecular weight is 251 g/mol. The van der Waals surface area contributed by atoms with Gasteiger partial charge in [-0.05, 0) is 19.4 Å². The molecule has 0 aliphatic carbocycles. The molecule has 0 aromatic heterocycles. The lowest BCUT2D eigenvalue weighted by Gasteiger charge is -2.28. The summed E-state index contributed by atoms with van der Waals surface area (Å²) in [7, 11) is -1.75. The molecule has 0 aromatic carbocycles. The molecule has 1 fully saturated rings. The zero-order valence-corrected chi connectivity index (χ0v) is 10.7. The summed E-state index contributed by atoms with van der Waals surface area (Å²) in [4.78, 5) is 0. The first-order valence-corrected chi connectivity index (χ1v) is 7.00. The van der Waals surface area contributed by atoms with Crippen molar-refractivity contribution < 1.29 is 13.2 Å². The zero-order chi connectivity index (χ0) is 12.1. The topological polar surface area (TPSA) is 79.5 Å². The molecular formula is C9H21N3O3S. The Morgan fingerprint density at radius 2 is 2.19 bits per heavy atom. The van der Waals surface area contributed by atoms with Crippen molar-refractivity contribution in [3.8, 4) is 0 Å². The fourth-order valence-electron chi connectivity index (χ4n) is 1.94. The molecule has 1 aliphatic rings. The van der Waals surface area contributed by atoms with Crippen LogP contribution >= 0.6 is 0 Å². The maximum Gasteiger partial charge on any atom is 0.276 e. The van der Waals surface area contributed by atoms with E-state index in [4.69, 9.17) is 4.74 Å². The summed E-state index contributed by atoms with van der Waals surface area (Å²) in [5.74, 6) is 0. The van der Waals surface area contributed by atoms with E-state index >= 15 is 0 Å². The third kappa shape index (κ3) is 3.99. The second-order valence-electron chi connectivity index (χ2n) is 4.07. The molecule has 0 spiro atoms. The van der Waals surface area contributed by atoms with E-state index in [1.165, 1.54) is 0 Å². The van der Waals surface area contributed by atoms with Crippen molar-refractivity contribution in [3.05, 3.63) is 0 Å². The molecule has 0 saturated carbocycles. The lowest BCUT2D eigenvalue weighted by molar-refractivity contribution is 0.122. The van der Waals surface area contributed by atoms with Gasteiger partial charge in [-0.15, -0.1) is 0 Å². The molecule has 0 amide bonds. The van der Waals surface area contributed by atoms with Crippen molar-refractivity contribution in [2.24, 2.45) is 0 Å². The Balaban J connectivity index is 2.50. The molecule has 1 heterocycles. The fourth-order valence-corrected chi connectivity index (χ4v) is 2.89. The Kier molecular flexibility index (Phi) is 5.13. The Morgan fingerprint density at radius 3 is 2.69 bits per heavy atom. The number of hydrogen-bond donors (Lipinski definition) is 3. The van der Waals surface area contributed by atoms with Crippen molar-refractivity contribution in [3.63, 3.8) is 0 Å². The lowest BCUT2D eigenvalue weighted by atomic mass is 9.99. The van der Waals surface area contributed by atoms with E-state index in [2.05, 4.69) is 14.8 Å². The van der Waals surface area contributed by atoms with Crippen LogP contribution in [0.3, 0.4) is 0 Å². The van der Waals surface area contributed by atoms with Gasteiger partial charge in [0.05, 0.1) is 12.1 Å². The highest BCUT2D eigenvalue weighted by Gasteiger charge is 2.34. The van der Waals surface area contributed by atoms with Crippen LogP contribution in [-0.4, -0.2) is 47.3 Å². The van der Waals surface area contributed by atoms with Gasteiger partial charge in [-0.1, -0.05) is 6.92 Å². The largest absolute Gasteiger partial charge is 0.383 e. The zero-order valence-electron chi connectivity index (χ0n) is 9.88. The maximum atomic E-state index is 11.4. The second-order valence-corrected chi connectivity index (χ2v) is 5.65. The molecule has 0 aromatic rings. The summed E-state index contributed by atoms with van der Waals surface area (Å²) in [6.07, 6.45) is 1.97. The summed E-state index contributed by atoms with van der Waals surface area (Å²) < 4.78 is 33.0. The molecule has 1 aliphatic heterocycles. The summed E-state index contributed by atoms with van der Waals surface area (Å²) in [6.45, 7) is 3.92. The van der Waals surface area contributed by atoms with Crippen LogP contribution in [0.1, 0.15) is 19.8 Å². The third-order valence-electron chi connectivity index (χ3n) is 2.69. The molecule has 1 saturated heterocycles. The molecular weight excluding hydrogens is 230 g/mol. The van der Waals surface area contributed by atoms with Gasteiger partial charge in [-0.3, -0.25) is 0 Å². The van der Waals surface area contributed by atoms with Crippen molar-refractivity contribution in [2.45, 2.75) is 25.3 Å². The molecule has 1 atom stereocenters. The molecule has 0 radical (unpaired) electrons. The third-order valence-corrected chi connectivity index (χ3v) is 3.88. The van der Waals surface area contributed by atoms with Gasteiger partial charge in [0, 0.05) is 20.2 Å². The predicted octanol–water partition coefficient (Wildman–Crippen LogP) is -0.801.